The lowest BCUT2D eigenvalue weighted by atomic mass is 10.3. The van der Waals surface area contributed by atoms with E-state index in [0.717, 1.165) is 0 Å². The number of nitrogens with zero attached hydrogens (tertiary/aromatic N) is 1. The fourth-order valence-electron chi connectivity index (χ4n) is 1.63. The molecule has 0 aliphatic carbocycles. The number of aromatic nitrogens is 2. The zero-order valence-corrected chi connectivity index (χ0v) is 12.4. The summed E-state index contributed by atoms with van der Waals surface area (Å²) in [5.74, 6) is 0.865. The molecule has 2 rings (SSSR count). The Hall–Kier alpha value is -1.56. The number of halogens is 2. The van der Waals surface area contributed by atoms with Crippen molar-refractivity contribution < 1.29 is 9.47 Å². The number of aromatic amines is 1. The van der Waals surface area contributed by atoms with E-state index in [1.54, 1.807) is 19.1 Å². The molecule has 5 nitrogen and oxygen atoms in total. The average molecular weight is 315 g/mol. The second-order valence-corrected chi connectivity index (χ2v) is 4.88. The van der Waals surface area contributed by atoms with E-state index in [1.807, 2.05) is 0 Å². The Morgan fingerprint density at radius 2 is 2.10 bits per heavy atom. The van der Waals surface area contributed by atoms with Crippen molar-refractivity contribution in [2.75, 3.05) is 7.11 Å². The molecule has 0 atom stereocenters. The summed E-state index contributed by atoms with van der Waals surface area (Å²) in [6.45, 7) is 1.89. The average Bonchev–Trinajstić information content (AvgIpc) is 2.36. The minimum absolute atomic E-state index is 0.0917. The van der Waals surface area contributed by atoms with Crippen LogP contribution >= 0.6 is 23.2 Å². The molecule has 0 spiro atoms. The van der Waals surface area contributed by atoms with E-state index in [4.69, 9.17) is 32.7 Å². The van der Waals surface area contributed by atoms with Gasteiger partial charge in [-0.3, -0.25) is 4.79 Å². The molecule has 7 heteroatoms. The first-order valence-corrected chi connectivity index (χ1v) is 6.48. The third-order valence-electron chi connectivity index (χ3n) is 2.48. The number of hydrogen-bond donors (Lipinski definition) is 1. The van der Waals surface area contributed by atoms with Crippen LogP contribution in [0.4, 0.5) is 0 Å². The normalized spacial score (nSPS) is 10.6. The lowest BCUT2D eigenvalue weighted by Crippen LogP contribution is -2.16. The first-order chi connectivity index (χ1) is 9.51. The largest absolute Gasteiger partial charge is 0.448 e. The first kappa shape index (κ1) is 14.8. The summed E-state index contributed by atoms with van der Waals surface area (Å²) >= 11 is 11.8. The molecule has 1 N–H and O–H groups in total. The summed E-state index contributed by atoms with van der Waals surface area (Å²) in [6, 6.07) is 4.75. The molecule has 0 aliphatic heterocycles. The Morgan fingerprint density at radius 1 is 1.35 bits per heavy atom. The Bertz CT molecular complexity index is 686. The van der Waals surface area contributed by atoms with Crippen molar-refractivity contribution >= 4 is 23.2 Å². The van der Waals surface area contributed by atoms with Gasteiger partial charge >= 0.3 is 0 Å². The van der Waals surface area contributed by atoms with Crippen molar-refractivity contribution in [2.24, 2.45) is 0 Å². The number of ether oxygens (including phenoxy) is 2. The zero-order chi connectivity index (χ0) is 14.7. The highest BCUT2D eigenvalue weighted by atomic mass is 35.5. The van der Waals surface area contributed by atoms with Crippen LogP contribution in [0, 0.1) is 6.92 Å². The zero-order valence-electron chi connectivity index (χ0n) is 10.9. The van der Waals surface area contributed by atoms with E-state index >= 15 is 0 Å². The number of methoxy groups -OCH3 is 1. The number of aryl methyl sites for hydroxylation is 1. The SMILES string of the molecule is COCc1nc(C)c(Oc2ccc(Cl)cc2Cl)c(=O)[nH]1. The Balaban J connectivity index is 2.36. The number of nitrogens with one attached hydrogen (secondary N) is 1. The molecule has 0 radical (unpaired) electrons. The maximum absolute atomic E-state index is 12.0. The predicted octanol–water partition coefficient (Wildman–Crippen LogP) is 3.32. The second kappa shape index (κ2) is 6.26. The van der Waals surface area contributed by atoms with E-state index < -0.39 is 5.56 Å². The van der Waals surface area contributed by atoms with Crippen LogP contribution in [0.25, 0.3) is 0 Å². The topological polar surface area (TPSA) is 64.2 Å². The van der Waals surface area contributed by atoms with Gasteiger partial charge in [0.2, 0.25) is 5.75 Å². The number of H-pyrrole nitrogens is 1. The van der Waals surface area contributed by atoms with Gasteiger partial charge in [-0.05, 0) is 25.1 Å². The minimum atomic E-state index is -0.393. The van der Waals surface area contributed by atoms with E-state index in [2.05, 4.69) is 9.97 Å². The predicted molar refractivity (Wildman–Crippen MR) is 76.8 cm³/mol. The Labute approximate surface area is 125 Å². The molecule has 106 valence electrons. The number of benzene rings is 1. The minimum Gasteiger partial charge on any atom is -0.448 e. The summed E-state index contributed by atoms with van der Waals surface area (Å²) < 4.78 is 10.4. The van der Waals surface area contributed by atoms with Crippen LogP contribution in [0.5, 0.6) is 11.5 Å². The summed E-state index contributed by atoms with van der Waals surface area (Å²) in [4.78, 5) is 18.7. The highest BCUT2D eigenvalue weighted by Crippen LogP contribution is 2.31. The van der Waals surface area contributed by atoms with Crippen LogP contribution in [0.1, 0.15) is 11.5 Å². The maximum atomic E-state index is 12.0. The van der Waals surface area contributed by atoms with Gasteiger partial charge in [0.1, 0.15) is 18.2 Å². The van der Waals surface area contributed by atoms with Gasteiger partial charge in [0.15, 0.2) is 0 Å². The van der Waals surface area contributed by atoms with Crippen LogP contribution in [-0.4, -0.2) is 17.1 Å². The molecular weight excluding hydrogens is 303 g/mol. The van der Waals surface area contributed by atoms with Crippen molar-refractivity contribution in [3.63, 3.8) is 0 Å². The third-order valence-corrected chi connectivity index (χ3v) is 3.01. The van der Waals surface area contributed by atoms with Crippen molar-refractivity contribution in [3.8, 4) is 11.5 Å². The van der Waals surface area contributed by atoms with Crippen molar-refractivity contribution in [2.45, 2.75) is 13.5 Å². The van der Waals surface area contributed by atoms with Gasteiger partial charge in [-0.2, -0.15) is 0 Å². The van der Waals surface area contributed by atoms with E-state index in [0.29, 0.717) is 27.3 Å². The summed E-state index contributed by atoms with van der Waals surface area (Å²) in [6.07, 6.45) is 0. The van der Waals surface area contributed by atoms with Crippen molar-refractivity contribution in [1.82, 2.24) is 9.97 Å². The van der Waals surface area contributed by atoms with E-state index in [-0.39, 0.29) is 12.4 Å². The van der Waals surface area contributed by atoms with E-state index in [9.17, 15) is 4.79 Å². The molecule has 0 amide bonds. The van der Waals surface area contributed by atoms with E-state index in [1.165, 1.54) is 13.2 Å². The van der Waals surface area contributed by atoms with Crippen LogP contribution in [0.15, 0.2) is 23.0 Å². The molecule has 0 bridgehead atoms. The molecule has 0 unspecified atom stereocenters. The highest BCUT2D eigenvalue weighted by molar-refractivity contribution is 6.35. The van der Waals surface area contributed by atoms with Gasteiger partial charge in [0.05, 0.1) is 10.7 Å². The Kier molecular flexibility index (Phi) is 4.65. The molecule has 0 saturated heterocycles. The summed E-state index contributed by atoms with van der Waals surface area (Å²) in [5, 5.41) is 0.804. The highest BCUT2D eigenvalue weighted by Gasteiger charge is 2.12. The first-order valence-electron chi connectivity index (χ1n) is 5.73. The second-order valence-electron chi connectivity index (χ2n) is 4.04. The quantitative estimate of drug-likeness (QED) is 0.940. The fraction of sp³-hybridized carbons (Fsp3) is 0.231. The number of hydrogen-bond acceptors (Lipinski definition) is 4. The summed E-state index contributed by atoms with van der Waals surface area (Å²) in [5.41, 5.74) is 0.0578. The van der Waals surface area contributed by atoms with Crippen LogP contribution < -0.4 is 10.3 Å². The molecule has 1 aromatic carbocycles. The molecule has 1 aromatic heterocycles. The van der Waals surface area contributed by atoms with Gasteiger partial charge < -0.3 is 14.5 Å². The van der Waals surface area contributed by atoms with Crippen LogP contribution in [-0.2, 0) is 11.3 Å². The molecular formula is C13H12Cl2N2O3. The van der Waals surface area contributed by atoms with Gasteiger partial charge in [-0.15, -0.1) is 0 Å². The lowest BCUT2D eigenvalue weighted by Gasteiger charge is -2.10. The molecule has 0 fully saturated rings. The van der Waals surface area contributed by atoms with Crippen molar-refractivity contribution in [3.05, 3.63) is 50.1 Å². The monoisotopic (exact) mass is 314 g/mol. The van der Waals surface area contributed by atoms with Gasteiger partial charge in [-0.1, -0.05) is 23.2 Å². The molecule has 1 heterocycles. The molecule has 2 aromatic rings. The summed E-state index contributed by atoms with van der Waals surface area (Å²) in [7, 11) is 1.52. The third kappa shape index (κ3) is 3.30. The maximum Gasteiger partial charge on any atom is 0.294 e. The van der Waals surface area contributed by atoms with Crippen LogP contribution in [0.3, 0.4) is 0 Å². The van der Waals surface area contributed by atoms with Gasteiger partial charge in [0, 0.05) is 12.1 Å². The lowest BCUT2D eigenvalue weighted by molar-refractivity contribution is 0.177. The Morgan fingerprint density at radius 3 is 2.70 bits per heavy atom. The van der Waals surface area contributed by atoms with Gasteiger partial charge in [-0.25, -0.2) is 4.98 Å². The fourth-order valence-corrected chi connectivity index (χ4v) is 2.07. The molecule has 0 aliphatic rings. The molecule has 20 heavy (non-hydrogen) atoms. The van der Waals surface area contributed by atoms with Crippen molar-refractivity contribution in [1.29, 1.82) is 0 Å². The standard InChI is InChI=1S/C13H12Cl2N2O3/c1-7-12(13(18)17-11(16-7)6-19-2)20-10-4-3-8(14)5-9(10)15/h3-5H,6H2,1-2H3,(H,16,17,18). The number of rotatable bonds is 4. The smallest absolute Gasteiger partial charge is 0.294 e. The van der Waals surface area contributed by atoms with Gasteiger partial charge in [0.25, 0.3) is 5.56 Å². The van der Waals surface area contributed by atoms with Crippen LogP contribution in [0.2, 0.25) is 10.0 Å². The molecule has 0 saturated carbocycles.